The third-order valence-electron chi connectivity index (χ3n) is 5.73. The summed E-state index contributed by atoms with van der Waals surface area (Å²) in [6.07, 6.45) is 1.53. The Morgan fingerprint density at radius 1 is 0.912 bits per heavy atom. The van der Waals surface area contributed by atoms with Gasteiger partial charge in [-0.05, 0) is 55.0 Å². The summed E-state index contributed by atoms with van der Waals surface area (Å²) < 4.78 is 11.9. The van der Waals surface area contributed by atoms with E-state index in [1.807, 2.05) is 6.92 Å². The summed E-state index contributed by atoms with van der Waals surface area (Å²) in [4.78, 5) is 38.3. The fraction of sp³-hybridized carbons (Fsp3) is 0.0741. The van der Waals surface area contributed by atoms with Gasteiger partial charge in [-0.2, -0.15) is 0 Å². The Kier molecular flexibility index (Phi) is 5.22. The number of aryl methyl sites for hydroxylation is 1. The summed E-state index contributed by atoms with van der Waals surface area (Å²) >= 11 is 0. The average Bonchev–Trinajstić information content (AvgIpc) is 2.84. The second-order valence-corrected chi connectivity index (χ2v) is 7.88. The molecule has 2 heterocycles. The number of nitrogens with one attached hydrogen (secondary N) is 1. The number of carbonyl (C=O) groups excluding carboxylic acids is 1. The fourth-order valence-corrected chi connectivity index (χ4v) is 4.01. The maximum Gasteiger partial charge on any atom is 0.336 e. The molecule has 0 radical (unpaired) electrons. The number of fused-ring (bicyclic) bond motifs is 2. The first-order valence-corrected chi connectivity index (χ1v) is 10.6. The number of hydrogen-bond donors (Lipinski definition) is 1. The molecule has 5 rings (SSSR count). The number of anilines is 1. The lowest BCUT2D eigenvalue weighted by Crippen LogP contribution is -2.22. The largest absolute Gasteiger partial charge is 0.497 e. The molecular weight excluding hydrogens is 432 g/mol. The molecule has 0 aliphatic carbocycles. The Labute approximate surface area is 193 Å². The maximum atomic E-state index is 13.4. The second-order valence-electron chi connectivity index (χ2n) is 7.88. The molecule has 0 aliphatic rings. The van der Waals surface area contributed by atoms with Crippen LogP contribution in [0.1, 0.15) is 15.9 Å². The van der Waals surface area contributed by atoms with Crippen LogP contribution in [0.4, 0.5) is 5.69 Å². The van der Waals surface area contributed by atoms with Crippen molar-refractivity contribution in [2.24, 2.45) is 0 Å². The van der Waals surface area contributed by atoms with E-state index in [1.54, 1.807) is 73.8 Å². The molecule has 0 saturated carbocycles. The lowest BCUT2D eigenvalue weighted by atomic mass is 10.1. The van der Waals surface area contributed by atoms with Crippen molar-refractivity contribution >= 4 is 33.3 Å². The van der Waals surface area contributed by atoms with Crippen molar-refractivity contribution in [3.63, 3.8) is 0 Å². The molecule has 7 nitrogen and oxygen atoms in total. The van der Waals surface area contributed by atoms with Crippen molar-refractivity contribution in [1.29, 1.82) is 0 Å². The topological polar surface area (TPSA) is 90.5 Å². The van der Waals surface area contributed by atoms with Crippen LogP contribution in [0.3, 0.4) is 0 Å². The first-order chi connectivity index (χ1) is 16.4. The smallest absolute Gasteiger partial charge is 0.336 e. The minimum Gasteiger partial charge on any atom is -0.497 e. The normalized spacial score (nSPS) is 11.0. The van der Waals surface area contributed by atoms with Gasteiger partial charge in [-0.1, -0.05) is 18.2 Å². The minimum absolute atomic E-state index is 0.236. The van der Waals surface area contributed by atoms with Gasteiger partial charge < -0.3 is 14.5 Å². The van der Waals surface area contributed by atoms with Gasteiger partial charge in [0, 0.05) is 45.9 Å². The van der Waals surface area contributed by atoms with E-state index in [1.165, 1.54) is 16.8 Å². The van der Waals surface area contributed by atoms with E-state index in [0.717, 1.165) is 10.9 Å². The van der Waals surface area contributed by atoms with Gasteiger partial charge in [0.1, 0.15) is 11.3 Å². The molecule has 0 saturated heterocycles. The third kappa shape index (κ3) is 3.73. The Bertz CT molecular complexity index is 1680. The van der Waals surface area contributed by atoms with Crippen molar-refractivity contribution in [3.8, 4) is 11.4 Å². The number of rotatable bonds is 4. The van der Waals surface area contributed by atoms with E-state index in [4.69, 9.17) is 9.15 Å². The van der Waals surface area contributed by atoms with E-state index in [2.05, 4.69) is 5.32 Å². The number of methoxy groups -OCH3 is 1. The quantitative estimate of drug-likeness (QED) is 0.400. The maximum absolute atomic E-state index is 13.4. The molecular formula is C27H20N2O5. The van der Waals surface area contributed by atoms with E-state index in [9.17, 15) is 14.4 Å². The van der Waals surface area contributed by atoms with Crippen molar-refractivity contribution < 1.29 is 13.9 Å². The molecule has 1 N–H and O–H groups in total. The van der Waals surface area contributed by atoms with Crippen LogP contribution < -0.4 is 21.2 Å². The Balaban J connectivity index is 1.60. The van der Waals surface area contributed by atoms with Crippen LogP contribution in [0.5, 0.6) is 5.75 Å². The molecule has 34 heavy (non-hydrogen) atoms. The first kappa shape index (κ1) is 21.2. The molecule has 0 atom stereocenters. The van der Waals surface area contributed by atoms with Crippen LogP contribution in [0, 0.1) is 6.92 Å². The van der Waals surface area contributed by atoms with Crippen LogP contribution in [-0.2, 0) is 0 Å². The predicted octanol–water partition coefficient (Wildman–Crippen LogP) is 4.67. The summed E-state index contributed by atoms with van der Waals surface area (Å²) in [7, 11) is 1.57. The summed E-state index contributed by atoms with van der Waals surface area (Å²) in [5, 5.41) is 4.61. The van der Waals surface area contributed by atoms with Crippen LogP contribution >= 0.6 is 0 Å². The molecule has 3 aromatic carbocycles. The number of ether oxygens (including phenoxy) is 1. The number of hydrogen-bond acceptors (Lipinski definition) is 5. The zero-order chi connectivity index (χ0) is 23.8. The summed E-state index contributed by atoms with van der Waals surface area (Å²) in [5.41, 5.74) is 1.90. The lowest BCUT2D eigenvalue weighted by molar-refractivity contribution is 0.102. The molecule has 0 unspecified atom stereocenters. The highest BCUT2D eigenvalue weighted by atomic mass is 16.5. The van der Waals surface area contributed by atoms with Gasteiger partial charge in [-0.15, -0.1) is 0 Å². The zero-order valence-corrected chi connectivity index (χ0v) is 18.5. The van der Waals surface area contributed by atoms with Gasteiger partial charge in [0.2, 0.25) is 0 Å². The summed E-state index contributed by atoms with van der Waals surface area (Å²) in [6.45, 7) is 1.83. The number of nitrogens with zero attached hydrogens (tertiary/aromatic N) is 1. The van der Waals surface area contributed by atoms with E-state index in [-0.39, 0.29) is 5.56 Å². The number of benzene rings is 3. The lowest BCUT2D eigenvalue weighted by Gasteiger charge is -2.13. The van der Waals surface area contributed by atoms with Gasteiger partial charge in [0.25, 0.3) is 11.5 Å². The number of carbonyl (C=O) groups is 1. The molecule has 0 fully saturated rings. The van der Waals surface area contributed by atoms with E-state index >= 15 is 0 Å². The highest BCUT2D eigenvalue weighted by Crippen LogP contribution is 2.23. The van der Waals surface area contributed by atoms with Crippen LogP contribution in [0.25, 0.3) is 27.4 Å². The highest BCUT2D eigenvalue weighted by molar-refractivity contribution is 6.13. The van der Waals surface area contributed by atoms with Crippen molar-refractivity contribution in [3.05, 3.63) is 111 Å². The Morgan fingerprint density at radius 3 is 2.38 bits per heavy atom. The van der Waals surface area contributed by atoms with Gasteiger partial charge in [0.15, 0.2) is 0 Å². The third-order valence-corrected chi connectivity index (χ3v) is 5.73. The van der Waals surface area contributed by atoms with Gasteiger partial charge in [0.05, 0.1) is 12.7 Å². The highest BCUT2D eigenvalue weighted by Gasteiger charge is 2.16. The molecule has 1 amide bonds. The zero-order valence-electron chi connectivity index (χ0n) is 18.5. The van der Waals surface area contributed by atoms with Crippen LogP contribution in [0.15, 0.2) is 93.0 Å². The van der Waals surface area contributed by atoms with Gasteiger partial charge in [-0.25, -0.2) is 4.79 Å². The average molecular weight is 452 g/mol. The van der Waals surface area contributed by atoms with Gasteiger partial charge in [-0.3, -0.25) is 14.2 Å². The molecule has 0 spiro atoms. The van der Waals surface area contributed by atoms with Gasteiger partial charge >= 0.3 is 5.63 Å². The van der Waals surface area contributed by atoms with E-state index < -0.39 is 11.5 Å². The molecule has 5 aromatic rings. The predicted molar refractivity (Wildman–Crippen MR) is 131 cm³/mol. The standard InChI is InChI=1S/C27H20N2O5/c1-16-13-25(30)34-24-14-17(7-12-20(16)24)28-26(31)23-15-29(18-8-10-19(33-2)11-9-18)27(32)22-6-4-3-5-21(22)23/h3-15H,1-2H3,(H,28,31). The van der Waals surface area contributed by atoms with E-state index in [0.29, 0.717) is 39.0 Å². The number of amides is 1. The van der Waals surface area contributed by atoms with Crippen molar-refractivity contribution in [1.82, 2.24) is 4.57 Å². The Hall–Kier alpha value is -4.65. The van der Waals surface area contributed by atoms with Crippen LogP contribution in [0.2, 0.25) is 0 Å². The molecule has 0 bridgehead atoms. The Morgan fingerprint density at radius 2 is 1.65 bits per heavy atom. The summed E-state index contributed by atoms with van der Waals surface area (Å²) in [5.74, 6) is 0.265. The molecule has 2 aromatic heterocycles. The monoisotopic (exact) mass is 452 g/mol. The fourth-order valence-electron chi connectivity index (χ4n) is 4.01. The molecule has 0 aliphatic heterocycles. The molecule has 7 heteroatoms. The second kappa shape index (κ2) is 8.37. The number of pyridine rings is 1. The van der Waals surface area contributed by atoms with Crippen molar-refractivity contribution in [2.75, 3.05) is 12.4 Å². The summed E-state index contributed by atoms with van der Waals surface area (Å²) in [6, 6.07) is 20.6. The van der Waals surface area contributed by atoms with Crippen molar-refractivity contribution in [2.45, 2.75) is 6.92 Å². The van der Waals surface area contributed by atoms with Crippen LogP contribution in [-0.4, -0.2) is 17.6 Å². The number of aromatic nitrogens is 1. The molecule has 168 valence electrons. The SMILES string of the molecule is COc1ccc(-n2cc(C(=O)Nc3ccc4c(C)cc(=O)oc4c3)c3ccccc3c2=O)cc1. The first-order valence-electron chi connectivity index (χ1n) is 10.6. The minimum atomic E-state index is -0.453.